The SMILES string of the molecule is Cc1cc(/C=C/C(C)(C)C(=O)NC(C)(C)C(=O)N2CCN(N(C)C)CC2)ccc1Cc1cc([C@@H]2O[C@H](CO)[C@@H](O)[C@H](O)[C@H]2O)c(O)cc1C(C)C. The molecule has 2 aromatic rings. The van der Waals surface area contributed by atoms with Gasteiger partial charge in [0.2, 0.25) is 11.8 Å². The van der Waals surface area contributed by atoms with Crippen LogP contribution in [-0.2, 0) is 20.7 Å². The van der Waals surface area contributed by atoms with Gasteiger partial charge in [-0.1, -0.05) is 44.2 Å². The number of phenols is 1. The van der Waals surface area contributed by atoms with Crippen LogP contribution in [0.3, 0.4) is 0 Å². The fraction of sp³-hybridized carbons (Fsp3) is 0.590. The van der Waals surface area contributed by atoms with Crippen molar-refractivity contribution in [2.45, 2.75) is 96.9 Å². The van der Waals surface area contributed by atoms with E-state index in [1.165, 1.54) is 0 Å². The van der Waals surface area contributed by atoms with Gasteiger partial charge in [-0.15, -0.1) is 0 Å². The molecule has 12 nitrogen and oxygen atoms in total. The summed E-state index contributed by atoms with van der Waals surface area (Å²) in [6, 6.07) is 9.44. The maximum absolute atomic E-state index is 13.5. The number of carbonyl (C=O) groups excluding carboxylic acids is 2. The lowest BCUT2D eigenvalue weighted by molar-refractivity contribution is -0.232. The van der Waals surface area contributed by atoms with Crippen molar-refractivity contribution in [1.29, 1.82) is 0 Å². The summed E-state index contributed by atoms with van der Waals surface area (Å²) in [5, 5.41) is 59.2. The van der Waals surface area contributed by atoms with Gasteiger partial charge in [-0.2, -0.15) is 0 Å². The van der Waals surface area contributed by atoms with E-state index >= 15 is 0 Å². The van der Waals surface area contributed by atoms with E-state index < -0.39 is 48.1 Å². The fourth-order valence-electron chi connectivity index (χ4n) is 6.74. The minimum absolute atomic E-state index is 0.0687. The number of ether oxygens (including phenoxy) is 1. The third-order valence-corrected chi connectivity index (χ3v) is 10.2. The number of rotatable bonds is 11. The Kier molecular flexibility index (Phi) is 12.8. The van der Waals surface area contributed by atoms with Crippen LogP contribution in [0.1, 0.15) is 86.9 Å². The summed E-state index contributed by atoms with van der Waals surface area (Å²) in [6.07, 6.45) is -2.56. The van der Waals surface area contributed by atoms with E-state index in [9.17, 15) is 35.1 Å². The second-order valence-corrected chi connectivity index (χ2v) is 15.6. The quantitative estimate of drug-likeness (QED) is 0.204. The van der Waals surface area contributed by atoms with E-state index in [-0.39, 0.29) is 29.0 Å². The third-order valence-electron chi connectivity index (χ3n) is 10.2. The number of piperazine rings is 1. The van der Waals surface area contributed by atoms with Crippen molar-refractivity contribution in [3.05, 3.63) is 69.8 Å². The minimum Gasteiger partial charge on any atom is -0.508 e. The van der Waals surface area contributed by atoms with Crippen molar-refractivity contribution >= 4 is 17.9 Å². The number of aliphatic hydroxyl groups is 4. The molecule has 0 radical (unpaired) electrons. The molecule has 51 heavy (non-hydrogen) atoms. The largest absolute Gasteiger partial charge is 0.508 e. The average Bonchev–Trinajstić information content (AvgIpc) is 3.07. The van der Waals surface area contributed by atoms with Crippen molar-refractivity contribution in [3.63, 3.8) is 0 Å². The van der Waals surface area contributed by atoms with E-state index in [0.717, 1.165) is 40.9 Å². The lowest BCUT2D eigenvalue weighted by atomic mass is 9.85. The Labute approximate surface area is 302 Å². The zero-order valence-electron chi connectivity index (χ0n) is 31.6. The van der Waals surface area contributed by atoms with Crippen LogP contribution in [0, 0.1) is 12.3 Å². The fourth-order valence-corrected chi connectivity index (χ4v) is 6.74. The molecule has 0 aromatic heterocycles. The maximum atomic E-state index is 13.5. The Morgan fingerprint density at radius 1 is 0.980 bits per heavy atom. The van der Waals surface area contributed by atoms with Gasteiger partial charge in [0, 0.05) is 45.8 Å². The summed E-state index contributed by atoms with van der Waals surface area (Å²) < 4.78 is 5.76. The van der Waals surface area contributed by atoms with Crippen LogP contribution in [0.4, 0.5) is 0 Å². The first-order valence-electron chi connectivity index (χ1n) is 17.8. The predicted octanol–water partition coefficient (Wildman–Crippen LogP) is 2.48. The molecule has 6 N–H and O–H groups in total. The lowest BCUT2D eigenvalue weighted by Gasteiger charge is -2.41. The molecule has 0 saturated carbocycles. The molecule has 2 aliphatic rings. The Bertz CT molecular complexity index is 1580. The van der Waals surface area contributed by atoms with E-state index in [1.54, 1.807) is 26.0 Å². The van der Waals surface area contributed by atoms with Gasteiger partial charge in [-0.3, -0.25) is 9.59 Å². The second kappa shape index (κ2) is 16.1. The van der Waals surface area contributed by atoms with Gasteiger partial charge in [0.15, 0.2) is 0 Å². The first kappa shape index (κ1) is 40.4. The first-order valence-corrected chi connectivity index (χ1v) is 17.8. The van der Waals surface area contributed by atoms with E-state index in [2.05, 4.69) is 10.3 Å². The first-order chi connectivity index (χ1) is 23.8. The number of amides is 2. The molecule has 2 amide bonds. The minimum atomic E-state index is -1.56. The van der Waals surface area contributed by atoms with Crippen molar-refractivity contribution in [2.75, 3.05) is 46.9 Å². The lowest BCUT2D eigenvalue weighted by Crippen LogP contribution is -2.61. The van der Waals surface area contributed by atoms with Gasteiger partial charge in [0.05, 0.1) is 12.0 Å². The molecular weight excluding hydrogens is 652 g/mol. The topological polar surface area (TPSA) is 166 Å². The molecule has 2 aliphatic heterocycles. The molecule has 12 heteroatoms. The van der Waals surface area contributed by atoms with Gasteiger partial charge in [0.25, 0.3) is 0 Å². The maximum Gasteiger partial charge on any atom is 0.247 e. The highest BCUT2D eigenvalue weighted by Crippen LogP contribution is 2.40. The third kappa shape index (κ3) is 9.18. The van der Waals surface area contributed by atoms with Gasteiger partial charge in [0.1, 0.15) is 41.8 Å². The van der Waals surface area contributed by atoms with Crippen LogP contribution in [-0.4, -0.2) is 129 Å². The Hall–Kier alpha value is -3.36. The van der Waals surface area contributed by atoms with Crippen LogP contribution < -0.4 is 5.32 Å². The molecule has 4 rings (SSSR count). The summed E-state index contributed by atoms with van der Waals surface area (Å²) in [6.45, 7) is 15.3. The smallest absolute Gasteiger partial charge is 0.247 e. The van der Waals surface area contributed by atoms with Crippen LogP contribution in [0.5, 0.6) is 5.75 Å². The summed E-state index contributed by atoms with van der Waals surface area (Å²) in [4.78, 5) is 28.7. The second-order valence-electron chi connectivity index (χ2n) is 15.6. The zero-order chi connectivity index (χ0) is 38.0. The molecule has 0 spiro atoms. The number of carbonyl (C=O) groups is 2. The van der Waals surface area contributed by atoms with Crippen molar-refractivity contribution in [1.82, 2.24) is 20.2 Å². The molecule has 282 valence electrons. The molecular formula is C39H58N4O8. The number of hydrazine groups is 1. The number of nitrogens with one attached hydrogen (secondary N) is 1. The average molecular weight is 711 g/mol. The van der Waals surface area contributed by atoms with Gasteiger partial charge >= 0.3 is 0 Å². The molecule has 2 saturated heterocycles. The number of aromatic hydroxyl groups is 1. The Balaban J connectivity index is 1.48. The molecule has 5 atom stereocenters. The summed E-state index contributed by atoms with van der Waals surface area (Å²) in [5.74, 6) is -0.388. The highest BCUT2D eigenvalue weighted by atomic mass is 16.5. The van der Waals surface area contributed by atoms with Gasteiger partial charge in [-0.25, -0.2) is 10.0 Å². The number of phenolic OH excluding ortho intramolecular Hbond substituents is 1. The molecule has 2 heterocycles. The van der Waals surface area contributed by atoms with E-state index in [1.807, 2.05) is 89.0 Å². The summed E-state index contributed by atoms with van der Waals surface area (Å²) >= 11 is 0. The van der Waals surface area contributed by atoms with Crippen LogP contribution in [0.15, 0.2) is 36.4 Å². The van der Waals surface area contributed by atoms with Crippen LogP contribution in [0.25, 0.3) is 6.08 Å². The van der Waals surface area contributed by atoms with Crippen LogP contribution >= 0.6 is 0 Å². The highest BCUT2D eigenvalue weighted by molar-refractivity contribution is 5.93. The Morgan fingerprint density at radius 3 is 2.20 bits per heavy atom. The summed E-state index contributed by atoms with van der Waals surface area (Å²) in [7, 11) is 3.97. The van der Waals surface area contributed by atoms with Crippen molar-refractivity contribution < 1.29 is 39.9 Å². The van der Waals surface area contributed by atoms with E-state index in [4.69, 9.17) is 4.74 Å². The molecule has 0 bridgehead atoms. The van der Waals surface area contributed by atoms with Gasteiger partial charge in [-0.05, 0) is 86.9 Å². The number of aliphatic hydroxyl groups excluding tert-OH is 4. The highest BCUT2D eigenvalue weighted by Gasteiger charge is 2.45. The molecule has 2 aromatic carbocycles. The number of hydrogen-bond acceptors (Lipinski definition) is 10. The molecule has 0 aliphatic carbocycles. The number of nitrogens with zero attached hydrogens (tertiary/aromatic N) is 3. The standard InChI is InChI=1S/C39H58N4O8/c1-23(2)28-21-30(45)29(35-34(48)33(47)32(46)31(22-44)51-35)20-27(28)19-26-11-10-25(18-24(26)3)12-13-38(4,5)36(49)40-39(6,7)37(50)42-14-16-43(17-15-42)41(8)9/h10-13,18,20-21,23,31-35,44-48H,14-17,19,22H2,1-9H3,(H,40,49)/b13-12+/t31-,32-,33+,34-,35+/m1/s1. The summed E-state index contributed by atoms with van der Waals surface area (Å²) in [5.41, 5.74) is 3.06. The van der Waals surface area contributed by atoms with Crippen molar-refractivity contribution in [3.8, 4) is 5.75 Å². The van der Waals surface area contributed by atoms with Gasteiger partial charge < -0.3 is 40.5 Å². The number of benzene rings is 2. The molecule has 2 fully saturated rings. The van der Waals surface area contributed by atoms with E-state index in [0.29, 0.717) is 19.5 Å². The zero-order valence-corrected chi connectivity index (χ0v) is 31.6. The molecule has 0 unspecified atom stereocenters. The monoisotopic (exact) mass is 710 g/mol. The van der Waals surface area contributed by atoms with Crippen LogP contribution in [0.2, 0.25) is 0 Å². The number of aryl methyl sites for hydroxylation is 1. The normalized spacial score (nSPS) is 23.7. The number of hydrogen-bond donors (Lipinski definition) is 6. The predicted molar refractivity (Wildman–Crippen MR) is 196 cm³/mol. The Morgan fingerprint density at radius 2 is 1.63 bits per heavy atom. The van der Waals surface area contributed by atoms with Crippen molar-refractivity contribution in [2.24, 2.45) is 5.41 Å².